The van der Waals surface area contributed by atoms with Crippen LogP contribution in [0, 0.1) is 5.92 Å². The summed E-state index contributed by atoms with van der Waals surface area (Å²) in [4.78, 5) is 12.6. The average Bonchev–Trinajstić information content (AvgIpc) is 2.53. The minimum Gasteiger partial charge on any atom is -0.391 e. The number of hydrogen-bond acceptors (Lipinski definition) is 5. The Bertz CT molecular complexity index is 563. The van der Waals surface area contributed by atoms with Crippen molar-refractivity contribution in [2.24, 2.45) is 5.92 Å². The van der Waals surface area contributed by atoms with Gasteiger partial charge in [0.15, 0.2) is 5.65 Å². The first kappa shape index (κ1) is 13.2. The van der Waals surface area contributed by atoms with Crippen LogP contribution in [-0.4, -0.2) is 32.7 Å². The zero-order valence-electron chi connectivity index (χ0n) is 11.5. The van der Waals surface area contributed by atoms with E-state index in [-0.39, 0.29) is 6.10 Å². The molecule has 0 saturated heterocycles. The second kappa shape index (κ2) is 6.13. The number of pyridine rings is 1. The van der Waals surface area contributed by atoms with Crippen molar-refractivity contribution in [3.63, 3.8) is 0 Å². The monoisotopic (exact) mass is 272 g/mol. The molecule has 2 heterocycles. The molecule has 0 aromatic carbocycles. The van der Waals surface area contributed by atoms with E-state index in [1.165, 1.54) is 25.6 Å². The van der Waals surface area contributed by atoms with Crippen molar-refractivity contribution >= 4 is 16.9 Å². The predicted molar refractivity (Wildman–Crippen MR) is 78.4 cm³/mol. The van der Waals surface area contributed by atoms with Crippen LogP contribution in [0.1, 0.15) is 32.1 Å². The van der Waals surface area contributed by atoms with Gasteiger partial charge in [-0.25, -0.2) is 15.0 Å². The second-order valence-corrected chi connectivity index (χ2v) is 5.44. The van der Waals surface area contributed by atoms with E-state index in [1.807, 2.05) is 12.1 Å². The number of nitrogens with one attached hydrogen (secondary N) is 1. The highest BCUT2D eigenvalue weighted by molar-refractivity contribution is 5.85. The molecule has 1 saturated carbocycles. The molecule has 0 spiro atoms. The molecule has 106 valence electrons. The number of aliphatic hydroxyl groups is 1. The highest BCUT2D eigenvalue weighted by Gasteiger charge is 2.21. The van der Waals surface area contributed by atoms with Gasteiger partial charge in [0.1, 0.15) is 12.1 Å². The minimum absolute atomic E-state index is 0.308. The third-order valence-corrected chi connectivity index (χ3v) is 4.08. The Labute approximate surface area is 118 Å². The molecule has 2 aromatic rings. The topological polar surface area (TPSA) is 70.9 Å². The number of nitrogens with zero attached hydrogens (tertiary/aromatic N) is 3. The third-order valence-electron chi connectivity index (χ3n) is 4.08. The van der Waals surface area contributed by atoms with Crippen molar-refractivity contribution in [2.75, 3.05) is 11.9 Å². The zero-order valence-corrected chi connectivity index (χ0v) is 11.5. The predicted octanol–water partition coefficient (Wildman–Crippen LogP) is 2.38. The van der Waals surface area contributed by atoms with Crippen molar-refractivity contribution < 1.29 is 5.11 Å². The number of hydrogen-bond donors (Lipinski definition) is 2. The van der Waals surface area contributed by atoms with Crippen molar-refractivity contribution in [1.29, 1.82) is 0 Å². The van der Waals surface area contributed by atoms with Gasteiger partial charge in [-0.2, -0.15) is 0 Å². The lowest BCUT2D eigenvalue weighted by atomic mass is 9.85. The van der Waals surface area contributed by atoms with Crippen LogP contribution in [0.5, 0.6) is 0 Å². The fraction of sp³-hybridized carbons (Fsp3) is 0.533. The van der Waals surface area contributed by atoms with Crippen LogP contribution in [0.4, 0.5) is 5.82 Å². The van der Waals surface area contributed by atoms with Gasteiger partial charge in [0.25, 0.3) is 0 Å². The molecule has 2 N–H and O–H groups in total. The first-order chi connectivity index (χ1) is 9.84. The van der Waals surface area contributed by atoms with Crippen LogP contribution in [0.15, 0.2) is 24.7 Å². The average molecular weight is 272 g/mol. The Morgan fingerprint density at radius 2 is 2.05 bits per heavy atom. The van der Waals surface area contributed by atoms with Crippen molar-refractivity contribution in [2.45, 2.75) is 38.2 Å². The molecule has 5 heteroatoms. The van der Waals surface area contributed by atoms with Gasteiger partial charge in [0.05, 0.1) is 11.5 Å². The molecule has 1 aliphatic rings. The van der Waals surface area contributed by atoms with Gasteiger partial charge in [-0.05, 0) is 30.9 Å². The van der Waals surface area contributed by atoms with Gasteiger partial charge in [-0.15, -0.1) is 0 Å². The molecule has 5 nitrogen and oxygen atoms in total. The summed E-state index contributed by atoms with van der Waals surface area (Å²) in [6, 6.07) is 3.81. The molecule has 1 aliphatic carbocycles. The van der Waals surface area contributed by atoms with Gasteiger partial charge in [0, 0.05) is 12.7 Å². The molecule has 2 aromatic heterocycles. The lowest BCUT2D eigenvalue weighted by Gasteiger charge is -2.26. The van der Waals surface area contributed by atoms with Crippen molar-refractivity contribution in [1.82, 2.24) is 15.0 Å². The Morgan fingerprint density at radius 1 is 1.20 bits per heavy atom. The highest BCUT2D eigenvalue weighted by Crippen LogP contribution is 2.27. The zero-order chi connectivity index (χ0) is 13.8. The summed E-state index contributed by atoms with van der Waals surface area (Å²) in [6.45, 7) is 0.533. The Morgan fingerprint density at radius 3 is 2.90 bits per heavy atom. The maximum absolute atomic E-state index is 10.3. The van der Waals surface area contributed by atoms with E-state index in [9.17, 15) is 5.11 Å². The number of aliphatic hydroxyl groups excluding tert-OH is 1. The normalized spacial score (nSPS) is 18.1. The van der Waals surface area contributed by atoms with Gasteiger partial charge in [-0.1, -0.05) is 19.3 Å². The first-order valence-corrected chi connectivity index (χ1v) is 7.32. The molecule has 0 radical (unpaired) electrons. The van der Waals surface area contributed by atoms with E-state index in [4.69, 9.17) is 0 Å². The van der Waals surface area contributed by atoms with E-state index >= 15 is 0 Å². The van der Waals surface area contributed by atoms with Crippen LogP contribution in [0.2, 0.25) is 0 Å². The second-order valence-electron chi connectivity index (χ2n) is 5.44. The summed E-state index contributed by atoms with van der Waals surface area (Å²) in [7, 11) is 0. The molecule has 1 fully saturated rings. The SMILES string of the molecule is OC(CNc1ncnc2ncccc12)C1CCCCC1. The molecule has 0 bridgehead atoms. The minimum atomic E-state index is -0.308. The van der Waals surface area contributed by atoms with Crippen LogP contribution in [0.3, 0.4) is 0 Å². The summed E-state index contributed by atoms with van der Waals surface area (Å²) in [5.74, 6) is 1.17. The molecule has 0 amide bonds. The van der Waals surface area contributed by atoms with Crippen LogP contribution < -0.4 is 5.32 Å². The molecule has 1 atom stereocenters. The number of rotatable bonds is 4. The maximum Gasteiger partial charge on any atom is 0.164 e. The van der Waals surface area contributed by atoms with Gasteiger partial charge >= 0.3 is 0 Å². The van der Waals surface area contributed by atoms with E-state index < -0.39 is 0 Å². The Balaban J connectivity index is 1.67. The summed E-state index contributed by atoms with van der Waals surface area (Å²) in [5, 5.41) is 14.4. The number of aromatic nitrogens is 3. The molecule has 1 unspecified atom stereocenters. The third kappa shape index (κ3) is 2.88. The first-order valence-electron chi connectivity index (χ1n) is 7.32. The Kier molecular flexibility index (Phi) is 4.06. The number of anilines is 1. The summed E-state index contributed by atoms with van der Waals surface area (Å²) < 4.78 is 0. The van der Waals surface area contributed by atoms with Crippen molar-refractivity contribution in [3.8, 4) is 0 Å². The molecular formula is C15H20N4O. The quantitative estimate of drug-likeness (QED) is 0.894. The lowest BCUT2D eigenvalue weighted by Crippen LogP contribution is -2.30. The van der Waals surface area contributed by atoms with Crippen LogP contribution >= 0.6 is 0 Å². The number of fused-ring (bicyclic) bond motifs is 1. The molecule has 3 rings (SSSR count). The smallest absolute Gasteiger partial charge is 0.164 e. The van der Waals surface area contributed by atoms with Gasteiger partial charge in [0.2, 0.25) is 0 Å². The van der Waals surface area contributed by atoms with E-state index in [1.54, 1.807) is 6.20 Å². The molecule has 20 heavy (non-hydrogen) atoms. The van der Waals surface area contributed by atoms with Crippen LogP contribution in [-0.2, 0) is 0 Å². The molecule has 0 aliphatic heterocycles. The molecular weight excluding hydrogens is 252 g/mol. The maximum atomic E-state index is 10.3. The van der Waals surface area contributed by atoms with E-state index in [2.05, 4.69) is 20.3 Å². The van der Waals surface area contributed by atoms with E-state index in [0.29, 0.717) is 18.1 Å². The largest absolute Gasteiger partial charge is 0.391 e. The lowest BCUT2D eigenvalue weighted by molar-refractivity contribution is 0.0956. The van der Waals surface area contributed by atoms with Crippen LogP contribution in [0.25, 0.3) is 11.0 Å². The fourth-order valence-electron chi connectivity index (χ4n) is 2.92. The Hall–Kier alpha value is -1.75. The standard InChI is InChI=1S/C15H20N4O/c20-13(11-5-2-1-3-6-11)9-17-15-12-7-4-8-16-14(12)18-10-19-15/h4,7-8,10-11,13,20H,1-3,5-6,9H2,(H,16,17,18,19). The highest BCUT2D eigenvalue weighted by atomic mass is 16.3. The van der Waals surface area contributed by atoms with Gasteiger partial charge in [-0.3, -0.25) is 0 Å². The summed E-state index contributed by atoms with van der Waals surface area (Å²) in [5.41, 5.74) is 0.678. The fourth-order valence-corrected chi connectivity index (χ4v) is 2.92. The van der Waals surface area contributed by atoms with Crippen molar-refractivity contribution in [3.05, 3.63) is 24.7 Å². The van der Waals surface area contributed by atoms with Gasteiger partial charge < -0.3 is 10.4 Å². The van der Waals surface area contributed by atoms with E-state index in [0.717, 1.165) is 24.0 Å². The summed E-state index contributed by atoms with van der Waals surface area (Å²) in [6.07, 6.45) is 8.96. The summed E-state index contributed by atoms with van der Waals surface area (Å²) >= 11 is 0.